The van der Waals surface area contributed by atoms with E-state index in [0.29, 0.717) is 10.6 Å². The van der Waals surface area contributed by atoms with E-state index in [9.17, 15) is 4.79 Å². The van der Waals surface area contributed by atoms with Gasteiger partial charge in [0.1, 0.15) is 0 Å². The van der Waals surface area contributed by atoms with E-state index in [2.05, 4.69) is 15.9 Å². The van der Waals surface area contributed by atoms with Crippen LogP contribution in [0.4, 0.5) is 0 Å². The lowest BCUT2D eigenvalue weighted by Crippen LogP contribution is -1.91. The number of hydrogen-bond acceptors (Lipinski definition) is 2. The van der Waals surface area contributed by atoms with Crippen LogP contribution in [-0.2, 0) is 0 Å². The number of Topliss-reactive ketones (excluding diaryl/α,β-unsaturated/α-hetero) is 1. The summed E-state index contributed by atoms with van der Waals surface area (Å²) in [5.74, 6) is 0.0240. The van der Waals surface area contributed by atoms with Crippen molar-refractivity contribution in [2.24, 2.45) is 0 Å². The van der Waals surface area contributed by atoms with E-state index in [1.54, 1.807) is 23.9 Å². The van der Waals surface area contributed by atoms with Crippen LogP contribution in [0.15, 0.2) is 56.7 Å². The summed E-state index contributed by atoms with van der Waals surface area (Å²) < 4.78 is 1.03. The van der Waals surface area contributed by atoms with Crippen LogP contribution in [0, 0.1) is 0 Å². The van der Waals surface area contributed by atoms with Crippen molar-refractivity contribution in [3.8, 4) is 0 Å². The molecule has 2 aromatic carbocycles. The molecule has 0 N–H and O–H groups in total. The van der Waals surface area contributed by atoms with E-state index in [4.69, 9.17) is 11.6 Å². The Hall–Kier alpha value is -0.770. The van der Waals surface area contributed by atoms with E-state index in [1.807, 2.05) is 30.3 Å². The van der Waals surface area contributed by atoms with Crippen LogP contribution in [-0.4, -0.2) is 5.78 Å². The monoisotopic (exact) mass is 340 g/mol. The molecule has 0 heterocycles. The van der Waals surface area contributed by atoms with Crippen molar-refractivity contribution >= 4 is 45.1 Å². The SMILES string of the molecule is CC(=O)c1ccc(Sc2cccc(Br)c2)c(Cl)c1. The maximum absolute atomic E-state index is 11.2. The maximum Gasteiger partial charge on any atom is 0.159 e. The van der Waals surface area contributed by atoms with Crippen LogP contribution in [0.5, 0.6) is 0 Å². The Labute approximate surface area is 124 Å². The van der Waals surface area contributed by atoms with Gasteiger partial charge in [-0.15, -0.1) is 0 Å². The molecule has 18 heavy (non-hydrogen) atoms. The second kappa shape index (κ2) is 5.91. The Morgan fingerprint density at radius 2 is 2.00 bits per heavy atom. The van der Waals surface area contributed by atoms with Crippen molar-refractivity contribution in [2.75, 3.05) is 0 Å². The molecule has 0 spiro atoms. The van der Waals surface area contributed by atoms with Crippen molar-refractivity contribution < 1.29 is 4.79 Å². The molecular formula is C14H10BrClOS. The molecule has 0 aromatic heterocycles. The fourth-order valence-electron chi connectivity index (χ4n) is 1.46. The molecule has 0 radical (unpaired) electrons. The zero-order valence-corrected chi connectivity index (χ0v) is 12.8. The normalized spacial score (nSPS) is 10.4. The van der Waals surface area contributed by atoms with Crippen LogP contribution in [0.1, 0.15) is 17.3 Å². The summed E-state index contributed by atoms with van der Waals surface area (Å²) in [6, 6.07) is 13.4. The number of carbonyl (C=O) groups is 1. The Morgan fingerprint density at radius 1 is 1.22 bits per heavy atom. The second-order valence-electron chi connectivity index (χ2n) is 3.76. The Bertz CT molecular complexity index is 598. The van der Waals surface area contributed by atoms with Gasteiger partial charge in [0.2, 0.25) is 0 Å². The number of benzene rings is 2. The Kier molecular flexibility index (Phi) is 4.49. The van der Waals surface area contributed by atoms with Gasteiger partial charge in [-0.3, -0.25) is 4.79 Å². The molecule has 0 saturated heterocycles. The van der Waals surface area contributed by atoms with Gasteiger partial charge < -0.3 is 0 Å². The predicted octanol–water partition coefficient (Wildman–Crippen LogP) is 5.46. The molecule has 2 aromatic rings. The lowest BCUT2D eigenvalue weighted by Gasteiger charge is -2.06. The third-order valence-electron chi connectivity index (χ3n) is 2.36. The molecule has 2 rings (SSSR count). The summed E-state index contributed by atoms with van der Waals surface area (Å²) in [6.45, 7) is 1.53. The lowest BCUT2D eigenvalue weighted by atomic mass is 10.1. The number of halogens is 2. The minimum atomic E-state index is 0.0240. The van der Waals surface area contributed by atoms with Crippen LogP contribution in [0.2, 0.25) is 5.02 Å². The summed E-state index contributed by atoms with van der Waals surface area (Å²) >= 11 is 11.2. The van der Waals surface area contributed by atoms with E-state index in [0.717, 1.165) is 14.3 Å². The van der Waals surface area contributed by atoms with Crippen molar-refractivity contribution in [2.45, 2.75) is 16.7 Å². The molecular weight excluding hydrogens is 332 g/mol. The topological polar surface area (TPSA) is 17.1 Å². The minimum absolute atomic E-state index is 0.0240. The highest BCUT2D eigenvalue weighted by atomic mass is 79.9. The van der Waals surface area contributed by atoms with Crippen molar-refractivity contribution in [1.82, 2.24) is 0 Å². The van der Waals surface area contributed by atoms with E-state index in [1.165, 1.54) is 6.92 Å². The van der Waals surface area contributed by atoms with Crippen LogP contribution in [0.3, 0.4) is 0 Å². The molecule has 0 atom stereocenters. The first kappa shape index (κ1) is 13.7. The summed E-state index contributed by atoms with van der Waals surface area (Å²) in [5.41, 5.74) is 0.638. The van der Waals surface area contributed by atoms with Gasteiger partial charge in [0, 0.05) is 19.8 Å². The number of rotatable bonds is 3. The van der Waals surface area contributed by atoms with Crippen molar-refractivity contribution in [1.29, 1.82) is 0 Å². The fraction of sp³-hybridized carbons (Fsp3) is 0.0714. The van der Waals surface area contributed by atoms with Gasteiger partial charge in [0.15, 0.2) is 5.78 Å². The van der Waals surface area contributed by atoms with Gasteiger partial charge >= 0.3 is 0 Å². The fourth-order valence-corrected chi connectivity index (χ4v) is 3.19. The number of carbonyl (C=O) groups excluding carboxylic acids is 1. The van der Waals surface area contributed by atoms with Crippen LogP contribution >= 0.6 is 39.3 Å². The lowest BCUT2D eigenvalue weighted by molar-refractivity contribution is 0.101. The van der Waals surface area contributed by atoms with Gasteiger partial charge in [-0.05, 0) is 37.3 Å². The largest absolute Gasteiger partial charge is 0.295 e. The predicted molar refractivity (Wildman–Crippen MR) is 79.7 cm³/mol. The van der Waals surface area contributed by atoms with E-state index < -0.39 is 0 Å². The van der Waals surface area contributed by atoms with E-state index >= 15 is 0 Å². The zero-order valence-electron chi connectivity index (χ0n) is 9.61. The molecule has 0 bridgehead atoms. The Balaban J connectivity index is 2.27. The average Bonchev–Trinajstić information content (AvgIpc) is 2.31. The number of ketones is 1. The molecule has 0 unspecified atom stereocenters. The van der Waals surface area contributed by atoms with Gasteiger partial charge in [-0.2, -0.15) is 0 Å². The summed E-state index contributed by atoms with van der Waals surface area (Å²) in [6.07, 6.45) is 0. The summed E-state index contributed by atoms with van der Waals surface area (Å²) in [4.78, 5) is 13.3. The highest BCUT2D eigenvalue weighted by Gasteiger charge is 2.06. The molecule has 4 heteroatoms. The molecule has 0 fully saturated rings. The van der Waals surface area contributed by atoms with Gasteiger partial charge in [-0.25, -0.2) is 0 Å². The number of hydrogen-bond donors (Lipinski definition) is 0. The summed E-state index contributed by atoms with van der Waals surface area (Å²) in [7, 11) is 0. The zero-order chi connectivity index (χ0) is 13.1. The molecule has 0 saturated carbocycles. The van der Waals surface area contributed by atoms with Gasteiger partial charge in [-0.1, -0.05) is 51.4 Å². The second-order valence-corrected chi connectivity index (χ2v) is 6.20. The minimum Gasteiger partial charge on any atom is -0.295 e. The third kappa shape index (κ3) is 3.37. The molecule has 0 aliphatic carbocycles. The van der Waals surface area contributed by atoms with Crippen LogP contribution in [0.25, 0.3) is 0 Å². The maximum atomic E-state index is 11.2. The van der Waals surface area contributed by atoms with Crippen LogP contribution < -0.4 is 0 Å². The first-order chi connectivity index (χ1) is 8.56. The smallest absolute Gasteiger partial charge is 0.159 e. The molecule has 1 nitrogen and oxygen atoms in total. The van der Waals surface area contributed by atoms with Crippen molar-refractivity contribution in [3.05, 3.63) is 57.5 Å². The standard InChI is InChI=1S/C14H10BrClOS/c1-9(17)10-5-6-14(13(16)7-10)18-12-4-2-3-11(15)8-12/h2-8H,1H3. The van der Waals surface area contributed by atoms with Gasteiger partial charge in [0.05, 0.1) is 5.02 Å². The average molecular weight is 342 g/mol. The highest BCUT2D eigenvalue weighted by molar-refractivity contribution is 9.10. The molecule has 0 aliphatic heterocycles. The first-order valence-electron chi connectivity index (χ1n) is 5.30. The molecule has 0 aliphatic rings. The molecule has 92 valence electrons. The van der Waals surface area contributed by atoms with E-state index in [-0.39, 0.29) is 5.78 Å². The van der Waals surface area contributed by atoms with Crippen molar-refractivity contribution in [3.63, 3.8) is 0 Å². The third-order valence-corrected chi connectivity index (χ3v) is 4.35. The summed E-state index contributed by atoms with van der Waals surface area (Å²) in [5, 5.41) is 0.604. The first-order valence-corrected chi connectivity index (χ1v) is 7.29. The highest BCUT2D eigenvalue weighted by Crippen LogP contribution is 2.34. The van der Waals surface area contributed by atoms with Gasteiger partial charge in [0.25, 0.3) is 0 Å². The molecule has 0 amide bonds. The Morgan fingerprint density at radius 3 is 2.61 bits per heavy atom. The quantitative estimate of drug-likeness (QED) is 0.690.